The highest BCUT2D eigenvalue weighted by Crippen LogP contribution is 2.18. The largest absolute Gasteiger partial charge is 0.462 e. The van der Waals surface area contributed by atoms with Crippen molar-refractivity contribution in [2.45, 2.75) is 374 Å². The Kier molecular flexibility index (Phi) is 59.1. The van der Waals surface area contributed by atoms with E-state index in [1.807, 2.05) is 0 Å². The predicted molar refractivity (Wildman–Crippen MR) is 307 cm³/mol. The number of carbonyl (C=O) groups excluding carboxylic acids is 3. The summed E-state index contributed by atoms with van der Waals surface area (Å²) < 4.78 is 16.9. The number of rotatable bonds is 60. The molecule has 1 atom stereocenters. The van der Waals surface area contributed by atoms with Crippen molar-refractivity contribution < 1.29 is 28.6 Å². The molecule has 0 saturated carbocycles. The second kappa shape index (κ2) is 60.7. The first-order valence-corrected chi connectivity index (χ1v) is 32.2. The molecule has 0 aromatic rings. The van der Waals surface area contributed by atoms with Crippen LogP contribution in [0, 0.1) is 0 Å². The lowest BCUT2D eigenvalue weighted by Crippen LogP contribution is -2.30. The highest BCUT2D eigenvalue weighted by atomic mass is 16.6. The molecule has 6 heteroatoms. The molecule has 0 N–H and O–H groups in total. The van der Waals surface area contributed by atoms with E-state index in [0.29, 0.717) is 19.3 Å². The maximum atomic E-state index is 12.9. The van der Waals surface area contributed by atoms with E-state index >= 15 is 0 Å². The molecule has 0 fully saturated rings. The molecule has 0 amide bonds. The van der Waals surface area contributed by atoms with Crippen molar-refractivity contribution in [1.29, 1.82) is 0 Å². The minimum atomic E-state index is -0.765. The van der Waals surface area contributed by atoms with E-state index in [4.69, 9.17) is 14.2 Å². The summed E-state index contributed by atoms with van der Waals surface area (Å²) >= 11 is 0. The van der Waals surface area contributed by atoms with Crippen molar-refractivity contribution in [2.75, 3.05) is 13.2 Å². The molecule has 0 aliphatic carbocycles. The Bertz CT molecular complexity index is 1100. The highest BCUT2D eigenvalue weighted by molar-refractivity contribution is 5.71. The maximum Gasteiger partial charge on any atom is 0.306 e. The average molecular weight is 1000 g/mol. The summed E-state index contributed by atoms with van der Waals surface area (Å²) in [5, 5.41) is 0. The lowest BCUT2D eigenvalue weighted by atomic mass is 10.0. The van der Waals surface area contributed by atoms with Gasteiger partial charge in [0, 0.05) is 19.3 Å². The average Bonchev–Trinajstić information content (AvgIpc) is 3.37. The molecule has 0 aliphatic heterocycles. The molecule has 0 bridgehead atoms. The smallest absolute Gasteiger partial charge is 0.306 e. The zero-order chi connectivity index (χ0) is 51.4. The van der Waals surface area contributed by atoms with Gasteiger partial charge in [-0.25, -0.2) is 0 Å². The number of carbonyl (C=O) groups is 3. The summed E-state index contributed by atoms with van der Waals surface area (Å²) in [6.45, 7) is 6.71. The molecule has 420 valence electrons. The molecule has 0 spiro atoms. The van der Waals surface area contributed by atoms with E-state index in [-0.39, 0.29) is 31.1 Å². The summed E-state index contributed by atoms with van der Waals surface area (Å²) in [7, 11) is 0. The van der Waals surface area contributed by atoms with Gasteiger partial charge in [-0.3, -0.25) is 14.4 Å². The van der Waals surface area contributed by atoms with Gasteiger partial charge >= 0.3 is 17.9 Å². The molecule has 0 heterocycles. The van der Waals surface area contributed by atoms with Crippen molar-refractivity contribution in [3.05, 3.63) is 12.2 Å². The van der Waals surface area contributed by atoms with Crippen LogP contribution in [0.5, 0.6) is 0 Å². The fourth-order valence-corrected chi connectivity index (χ4v) is 9.91. The van der Waals surface area contributed by atoms with E-state index < -0.39 is 6.10 Å². The Morgan fingerprint density at radius 2 is 0.465 bits per heavy atom. The minimum Gasteiger partial charge on any atom is -0.462 e. The summed E-state index contributed by atoms with van der Waals surface area (Å²) in [6.07, 6.45) is 70.7. The predicted octanol–water partition coefficient (Wildman–Crippen LogP) is 21.7. The Morgan fingerprint density at radius 3 is 0.704 bits per heavy atom. The summed E-state index contributed by atoms with van der Waals surface area (Å²) in [6, 6.07) is 0. The zero-order valence-electron chi connectivity index (χ0n) is 48.3. The normalized spacial score (nSPS) is 12.0. The van der Waals surface area contributed by atoms with Crippen molar-refractivity contribution in [1.82, 2.24) is 0 Å². The molecule has 0 saturated heterocycles. The van der Waals surface area contributed by atoms with E-state index in [1.54, 1.807) is 0 Å². The van der Waals surface area contributed by atoms with Gasteiger partial charge in [-0.05, 0) is 44.9 Å². The monoisotopic (exact) mass is 1000 g/mol. The number of ether oxygens (including phenoxy) is 3. The van der Waals surface area contributed by atoms with Crippen LogP contribution in [0.4, 0.5) is 0 Å². The Balaban J connectivity index is 4.24. The molecule has 0 aliphatic rings. The fraction of sp³-hybridized carbons (Fsp3) is 0.923. The van der Waals surface area contributed by atoms with Crippen molar-refractivity contribution in [3.63, 3.8) is 0 Å². The van der Waals surface area contributed by atoms with Crippen molar-refractivity contribution >= 4 is 17.9 Å². The van der Waals surface area contributed by atoms with E-state index in [0.717, 1.165) is 57.8 Å². The van der Waals surface area contributed by atoms with Gasteiger partial charge in [0.1, 0.15) is 13.2 Å². The molecular formula is C65H124O6. The fourth-order valence-electron chi connectivity index (χ4n) is 9.91. The maximum absolute atomic E-state index is 12.9. The van der Waals surface area contributed by atoms with Gasteiger partial charge < -0.3 is 14.2 Å². The van der Waals surface area contributed by atoms with Crippen molar-refractivity contribution in [2.24, 2.45) is 0 Å². The first kappa shape index (κ1) is 69.2. The van der Waals surface area contributed by atoms with E-state index in [2.05, 4.69) is 32.9 Å². The van der Waals surface area contributed by atoms with Gasteiger partial charge in [0.2, 0.25) is 0 Å². The first-order chi connectivity index (χ1) is 35.0. The number of allylic oxidation sites excluding steroid dienone is 2. The summed E-state index contributed by atoms with van der Waals surface area (Å²) in [4.78, 5) is 38.3. The molecule has 0 aromatic carbocycles. The third kappa shape index (κ3) is 58.9. The SMILES string of the molecule is CCCCCCCC/C=C\CCCCCCCCCCCCCC(=O)OC[C@H](COC(=O)CCCCCCCCCCCCCCCCCCCCC)OC(=O)CCCCCCCCCCCCCCC. The van der Waals surface area contributed by atoms with E-state index in [9.17, 15) is 14.4 Å². The molecule has 6 nitrogen and oxygen atoms in total. The van der Waals surface area contributed by atoms with Crippen LogP contribution in [0.1, 0.15) is 367 Å². The van der Waals surface area contributed by atoms with Crippen LogP contribution in [0.15, 0.2) is 12.2 Å². The number of hydrogen-bond donors (Lipinski definition) is 0. The van der Waals surface area contributed by atoms with E-state index in [1.165, 1.54) is 270 Å². The zero-order valence-corrected chi connectivity index (χ0v) is 48.3. The first-order valence-electron chi connectivity index (χ1n) is 32.2. The van der Waals surface area contributed by atoms with Crippen LogP contribution in [0.2, 0.25) is 0 Å². The highest BCUT2D eigenvalue weighted by Gasteiger charge is 2.19. The topological polar surface area (TPSA) is 78.9 Å². The summed E-state index contributed by atoms with van der Waals surface area (Å²) in [5.41, 5.74) is 0. The van der Waals surface area contributed by atoms with Crippen LogP contribution in [0.25, 0.3) is 0 Å². The quantitative estimate of drug-likeness (QED) is 0.0261. The Morgan fingerprint density at radius 1 is 0.268 bits per heavy atom. The van der Waals surface area contributed by atoms with Gasteiger partial charge in [-0.15, -0.1) is 0 Å². The molecule has 0 rings (SSSR count). The van der Waals surface area contributed by atoms with Crippen LogP contribution in [-0.4, -0.2) is 37.2 Å². The minimum absolute atomic E-state index is 0.0632. The number of unbranched alkanes of at least 4 members (excludes halogenated alkanes) is 47. The molecule has 0 unspecified atom stereocenters. The van der Waals surface area contributed by atoms with Crippen LogP contribution in [0.3, 0.4) is 0 Å². The second-order valence-electron chi connectivity index (χ2n) is 22.0. The van der Waals surface area contributed by atoms with Gasteiger partial charge in [0.25, 0.3) is 0 Å². The van der Waals surface area contributed by atoms with Gasteiger partial charge in [-0.1, -0.05) is 315 Å². The molecule has 0 radical (unpaired) electrons. The van der Waals surface area contributed by atoms with Gasteiger partial charge in [-0.2, -0.15) is 0 Å². The van der Waals surface area contributed by atoms with Crippen LogP contribution < -0.4 is 0 Å². The van der Waals surface area contributed by atoms with Gasteiger partial charge in [0.15, 0.2) is 6.10 Å². The number of hydrogen-bond acceptors (Lipinski definition) is 6. The molecule has 71 heavy (non-hydrogen) atoms. The molecular weight excluding hydrogens is 877 g/mol. The Labute approximate surface area is 443 Å². The lowest BCUT2D eigenvalue weighted by molar-refractivity contribution is -0.167. The molecule has 0 aromatic heterocycles. The van der Waals surface area contributed by atoms with Gasteiger partial charge in [0.05, 0.1) is 0 Å². The lowest BCUT2D eigenvalue weighted by Gasteiger charge is -2.18. The van der Waals surface area contributed by atoms with Crippen LogP contribution >= 0.6 is 0 Å². The van der Waals surface area contributed by atoms with Crippen molar-refractivity contribution in [3.8, 4) is 0 Å². The summed E-state index contributed by atoms with van der Waals surface area (Å²) in [5.74, 6) is -0.833. The third-order valence-electron chi connectivity index (χ3n) is 14.8. The van der Waals surface area contributed by atoms with Crippen LogP contribution in [-0.2, 0) is 28.6 Å². The number of esters is 3. The standard InChI is InChI=1S/C65H124O6/c1-4-7-10-13-16-19-22-25-27-29-31-32-34-36-38-41-43-46-49-52-55-58-64(67)70-61-62(71-65(68)59-56-53-50-47-44-39-24-21-18-15-12-9-6-3)60-69-63(66)57-54-51-48-45-42-40-37-35-33-30-28-26-23-20-17-14-11-8-5-2/h25,27,62H,4-24,26,28-61H2,1-3H3/b27-25-/t62-/m0/s1. The third-order valence-corrected chi connectivity index (χ3v) is 14.8. The second-order valence-corrected chi connectivity index (χ2v) is 22.0. The Hall–Kier alpha value is -1.85.